The molecule has 0 N–H and O–H groups in total. The Labute approximate surface area is 164 Å². The quantitative estimate of drug-likeness (QED) is 0.404. The fraction of sp³-hybridized carbons (Fsp3) is 0.0769. The first-order valence-electron chi connectivity index (χ1n) is 9.45. The average Bonchev–Trinajstić information content (AvgIpc) is 2.98. The van der Waals surface area contributed by atoms with Crippen LogP contribution in [0.1, 0.15) is 27.0 Å². The molecule has 0 unspecified atom stereocenters. The topological polar surface area (TPSA) is 29.4 Å². The molecular formula is C26H19NO. The third-order valence-electron chi connectivity index (χ3n) is 5.37. The average molecular weight is 361 g/mol. The summed E-state index contributed by atoms with van der Waals surface area (Å²) in [5.41, 5.74) is 7.50. The number of aryl methyl sites for hydroxylation is 2. The second-order valence-electron chi connectivity index (χ2n) is 7.34. The van der Waals surface area contributed by atoms with Gasteiger partial charge < -0.3 is 0 Å². The SMILES string of the molecule is Cc1cc(C)c(N=C2C(=O)c3cccc4cccc2c34)c(-c2ccccc2)c1. The third kappa shape index (κ3) is 2.49. The molecule has 0 heterocycles. The summed E-state index contributed by atoms with van der Waals surface area (Å²) >= 11 is 0. The molecule has 0 bridgehead atoms. The van der Waals surface area contributed by atoms with Crippen LogP contribution in [0.2, 0.25) is 0 Å². The minimum Gasteiger partial charge on any atom is -0.287 e. The van der Waals surface area contributed by atoms with Crippen LogP contribution in [-0.4, -0.2) is 11.5 Å². The van der Waals surface area contributed by atoms with Crippen molar-refractivity contribution in [1.29, 1.82) is 0 Å². The molecule has 2 nitrogen and oxygen atoms in total. The first kappa shape index (κ1) is 16.6. The highest BCUT2D eigenvalue weighted by atomic mass is 16.1. The maximum Gasteiger partial charge on any atom is 0.212 e. The Morgan fingerprint density at radius 3 is 2.18 bits per heavy atom. The molecule has 0 saturated carbocycles. The summed E-state index contributed by atoms with van der Waals surface area (Å²) in [5.74, 6) is 0.00536. The molecule has 0 spiro atoms. The second-order valence-corrected chi connectivity index (χ2v) is 7.34. The van der Waals surface area contributed by atoms with Gasteiger partial charge in [0.05, 0.1) is 5.69 Å². The summed E-state index contributed by atoms with van der Waals surface area (Å²) in [4.78, 5) is 18.1. The molecule has 2 heteroatoms. The van der Waals surface area contributed by atoms with E-state index in [9.17, 15) is 4.79 Å². The van der Waals surface area contributed by atoms with Gasteiger partial charge in [0, 0.05) is 22.1 Å². The molecule has 0 saturated heterocycles. The molecule has 5 rings (SSSR count). The van der Waals surface area contributed by atoms with Crippen LogP contribution in [0.15, 0.2) is 83.9 Å². The Kier molecular flexibility index (Phi) is 3.73. The van der Waals surface area contributed by atoms with Gasteiger partial charge >= 0.3 is 0 Å². The minimum atomic E-state index is 0.00536. The van der Waals surface area contributed by atoms with E-state index >= 15 is 0 Å². The Morgan fingerprint density at radius 1 is 0.714 bits per heavy atom. The molecule has 0 aromatic heterocycles. The normalized spacial score (nSPS) is 14.2. The van der Waals surface area contributed by atoms with E-state index < -0.39 is 0 Å². The van der Waals surface area contributed by atoms with Crippen molar-refractivity contribution < 1.29 is 4.79 Å². The van der Waals surface area contributed by atoms with Crippen molar-refractivity contribution in [1.82, 2.24) is 0 Å². The van der Waals surface area contributed by atoms with Gasteiger partial charge in [-0.1, -0.05) is 78.4 Å². The smallest absolute Gasteiger partial charge is 0.212 e. The van der Waals surface area contributed by atoms with Crippen molar-refractivity contribution in [2.75, 3.05) is 0 Å². The lowest BCUT2D eigenvalue weighted by Gasteiger charge is -2.12. The number of nitrogens with zero attached hydrogens (tertiary/aromatic N) is 1. The predicted octanol–water partition coefficient (Wildman–Crippen LogP) is 6.44. The maximum atomic E-state index is 13.2. The van der Waals surface area contributed by atoms with Crippen molar-refractivity contribution in [2.24, 2.45) is 4.99 Å². The summed E-state index contributed by atoms with van der Waals surface area (Å²) in [6, 6.07) is 26.4. The van der Waals surface area contributed by atoms with Crippen LogP contribution in [0, 0.1) is 13.8 Å². The zero-order valence-corrected chi connectivity index (χ0v) is 15.9. The third-order valence-corrected chi connectivity index (χ3v) is 5.37. The number of rotatable bonds is 2. The molecule has 1 aliphatic rings. The molecule has 0 atom stereocenters. The Bertz CT molecular complexity index is 1280. The van der Waals surface area contributed by atoms with Crippen LogP contribution in [0.3, 0.4) is 0 Å². The van der Waals surface area contributed by atoms with Crippen LogP contribution in [-0.2, 0) is 0 Å². The van der Waals surface area contributed by atoms with Crippen molar-refractivity contribution in [3.8, 4) is 11.1 Å². The van der Waals surface area contributed by atoms with Crippen LogP contribution in [0.25, 0.3) is 21.9 Å². The minimum absolute atomic E-state index is 0.00536. The van der Waals surface area contributed by atoms with Gasteiger partial charge in [0.25, 0.3) is 0 Å². The largest absolute Gasteiger partial charge is 0.287 e. The van der Waals surface area contributed by atoms with Crippen molar-refractivity contribution in [3.05, 3.63) is 101 Å². The van der Waals surface area contributed by atoms with E-state index in [0.717, 1.165) is 44.3 Å². The molecular weight excluding hydrogens is 342 g/mol. The van der Waals surface area contributed by atoms with Gasteiger partial charge in [-0.2, -0.15) is 0 Å². The number of benzene rings is 4. The summed E-state index contributed by atoms with van der Waals surface area (Å²) in [6.07, 6.45) is 0. The van der Waals surface area contributed by atoms with E-state index in [1.165, 1.54) is 5.56 Å². The fourth-order valence-electron chi connectivity index (χ4n) is 4.15. The van der Waals surface area contributed by atoms with Crippen LogP contribution in [0.4, 0.5) is 5.69 Å². The number of hydrogen-bond donors (Lipinski definition) is 0. The lowest BCUT2D eigenvalue weighted by atomic mass is 9.97. The van der Waals surface area contributed by atoms with E-state index in [4.69, 9.17) is 4.99 Å². The molecule has 134 valence electrons. The van der Waals surface area contributed by atoms with Crippen molar-refractivity contribution in [3.63, 3.8) is 0 Å². The molecule has 0 amide bonds. The number of Topliss-reactive ketones (excluding diaryl/α,β-unsaturated/α-hetero) is 1. The fourth-order valence-corrected chi connectivity index (χ4v) is 4.15. The number of aliphatic imine (C=N–C) groups is 1. The molecule has 28 heavy (non-hydrogen) atoms. The van der Waals surface area contributed by atoms with Gasteiger partial charge in [-0.05, 0) is 36.4 Å². The molecule has 0 fully saturated rings. The van der Waals surface area contributed by atoms with E-state index in [-0.39, 0.29) is 5.78 Å². The van der Waals surface area contributed by atoms with Crippen molar-refractivity contribution >= 4 is 28.0 Å². The van der Waals surface area contributed by atoms with Crippen LogP contribution in [0.5, 0.6) is 0 Å². The highest BCUT2D eigenvalue weighted by molar-refractivity contribution is 6.59. The summed E-state index contributed by atoms with van der Waals surface area (Å²) in [7, 11) is 0. The van der Waals surface area contributed by atoms with Crippen LogP contribution >= 0.6 is 0 Å². The Balaban J connectivity index is 1.78. The van der Waals surface area contributed by atoms with Gasteiger partial charge in [-0.3, -0.25) is 4.79 Å². The standard InChI is InChI=1S/C26H19NO/c1-16-14-17(2)24(22(15-16)18-8-4-3-5-9-18)27-25-20-12-6-10-19-11-7-13-21(23(19)20)26(25)28/h3-15H,1-2H3. The Hall–Kier alpha value is -3.52. The van der Waals surface area contributed by atoms with Crippen molar-refractivity contribution in [2.45, 2.75) is 13.8 Å². The monoisotopic (exact) mass is 361 g/mol. The number of carbonyl (C=O) groups is 1. The number of carbonyl (C=O) groups excluding carboxylic acids is 1. The van der Waals surface area contributed by atoms with Gasteiger partial charge in [0.15, 0.2) is 0 Å². The second kappa shape index (κ2) is 6.28. The Morgan fingerprint density at radius 2 is 1.43 bits per heavy atom. The van der Waals surface area contributed by atoms with Gasteiger partial charge in [-0.25, -0.2) is 4.99 Å². The highest BCUT2D eigenvalue weighted by Crippen LogP contribution is 2.38. The highest BCUT2D eigenvalue weighted by Gasteiger charge is 2.29. The molecule has 1 aliphatic carbocycles. The molecule has 4 aromatic rings. The number of ketones is 1. The van der Waals surface area contributed by atoms with E-state index in [0.29, 0.717) is 5.71 Å². The zero-order valence-electron chi connectivity index (χ0n) is 15.9. The number of hydrogen-bond acceptors (Lipinski definition) is 2. The molecule has 0 aliphatic heterocycles. The lowest BCUT2D eigenvalue weighted by Crippen LogP contribution is -2.08. The summed E-state index contributed by atoms with van der Waals surface area (Å²) in [5, 5.41) is 2.09. The molecule has 4 aromatic carbocycles. The summed E-state index contributed by atoms with van der Waals surface area (Å²) in [6.45, 7) is 4.15. The maximum absolute atomic E-state index is 13.2. The van der Waals surface area contributed by atoms with E-state index in [1.54, 1.807) is 0 Å². The first-order valence-corrected chi connectivity index (χ1v) is 9.45. The van der Waals surface area contributed by atoms with Gasteiger partial charge in [0.1, 0.15) is 5.71 Å². The molecule has 0 radical (unpaired) electrons. The van der Waals surface area contributed by atoms with Gasteiger partial charge in [0.2, 0.25) is 5.78 Å². The zero-order chi connectivity index (χ0) is 19.3. The van der Waals surface area contributed by atoms with Crippen LogP contribution < -0.4 is 0 Å². The van der Waals surface area contributed by atoms with E-state index in [1.807, 2.05) is 54.6 Å². The van der Waals surface area contributed by atoms with Gasteiger partial charge in [-0.15, -0.1) is 0 Å². The predicted molar refractivity (Wildman–Crippen MR) is 116 cm³/mol. The van der Waals surface area contributed by atoms with E-state index in [2.05, 4.69) is 38.1 Å². The summed E-state index contributed by atoms with van der Waals surface area (Å²) < 4.78 is 0. The first-order chi connectivity index (χ1) is 13.6. The lowest BCUT2D eigenvalue weighted by molar-refractivity contribution is 0.107.